The van der Waals surface area contributed by atoms with Crippen LogP contribution in [0.5, 0.6) is 0 Å². The first-order valence-electron chi connectivity index (χ1n) is 4.12. The second-order valence-electron chi connectivity index (χ2n) is 3.63. The van der Waals surface area contributed by atoms with Crippen LogP contribution in [0.3, 0.4) is 0 Å². The van der Waals surface area contributed by atoms with Crippen LogP contribution >= 0.6 is 0 Å². The van der Waals surface area contributed by atoms with Gasteiger partial charge >= 0.3 is 0 Å². The minimum Gasteiger partial charge on any atom is -0.389 e. The molecule has 1 aliphatic rings. The maximum Gasteiger partial charge on any atom is 0.116 e. The molecule has 1 fully saturated rings. The number of hydrogen-bond donors (Lipinski definition) is 1. The third-order valence-electron chi connectivity index (χ3n) is 2.13. The van der Waals surface area contributed by atoms with Gasteiger partial charge in [0.2, 0.25) is 0 Å². The number of β-amino-alcohol motifs (C(OH)–C–C–N with tert-alkyl or cyclic N) is 1. The Bertz CT molecular complexity index is 138. The molecule has 0 bridgehead atoms. The van der Waals surface area contributed by atoms with Crippen molar-refractivity contribution in [1.82, 2.24) is 4.90 Å². The highest BCUT2D eigenvalue weighted by Crippen LogP contribution is 2.22. The summed E-state index contributed by atoms with van der Waals surface area (Å²) < 4.78 is 12.9. The number of likely N-dealkylation sites (tertiary alicyclic amines) is 1. The van der Waals surface area contributed by atoms with E-state index >= 15 is 0 Å². The van der Waals surface area contributed by atoms with Crippen molar-refractivity contribution in [2.75, 3.05) is 19.6 Å². The second kappa shape index (κ2) is 3.07. The van der Waals surface area contributed by atoms with Crippen LogP contribution in [0.2, 0.25) is 0 Å². The summed E-state index contributed by atoms with van der Waals surface area (Å²) in [5.41, 5.74) is -0.826. The Morgan fingerprint density at radius 1 is 1.73 bits per heavy atom. The van der Waals surface area contributed by atoms with E-state index in [-0.39, 0.29) is 6.42 Å². The molecule has 3 heteroatoms. The van der Waals surface area contributed by atoms with Crippen molar-refractivity contribution in [3.05, 3.63) is 0 Å². The summed E-state index contributed by atoms with van der Waals surface area (Å²) in [7, 11) is 0. The van der Waals surface area contributed by atoms with Gasteiger partial charge in [-0.2, -0.15) is 0 Å². The molecule has 0 aliphatic carbocycles. The standard InChI is InChI=1S/C8H16FNO/c1-3-10-5-7(9)4-8(2,11)6-10/h7,11H,3-6H2,1-2H3. The SMILES string of the molecule is CCN1CC(F)CC(C)(O)C1. The van der Waals surface area contributed by atoms with E-state index in [1.807, 2.05) is 11.8 Å². The molecule has 1 aliphatic heterocycles. The summed E-state index contributed by atoms with van der Waals surface area (Å²) in [4.78, 5) is 1.94. The zero-order valence-electron chi connectivity index (χ0n) is 7.18. The molecule has 1 N–H and O–H groups in total. The number of rotatable bonds is 1. The Balaban J connectivity index is 2.51. The van der Waals surface area contributed by atoms with Gasteiger partial charge in [0.15, 0.2) is 0 Å². The van der Waals surface area contributed by atoms with E-state index in [4.69, 9.17) is 0 Å². The topological polar surface area (TPSA) is 23.5 Å². The van der Waals surface area contributed by atoms with Crippen molar-refractivity contribution in [1.29, 1.82) is 0 Å². The van der Waals surface area contributed by atoms with Crippen molar-refractivity contribution in [3.8, 4) is 0 Å². The van der Waals surface area contributed by atoms with Gasteiger partial charge in [0.05, 0.1) is 5.60 Å². The quantitative estimate of drug-likeness (QED) is 0.615. The van der Waals surface area contributed by atoms with E-state index in [1.165, 1.54) is 0 Å². The lowest BCUT2D eigenvalue weighted by molar-refractivity contribution is -0.0447. The highest BCUT2D eigenvalue weighted by molar-refractivity contribution is 4.87. The molecular formula is C8H16FNO. The lowest BCUT2D eigenvalue weighted by Gasteiger charge is -2.37. The van der Waals surface area contributed by atoms with Crippen LogP contribution in [-0.4, -0.2) is 41.4 Å². The first kappa shape index (κ1) is 8.94. The number of hydrogen-bond acceptors (Lipinski definition) is 2. The number of likely N-dealkylation sites (N-methyl/N-ethyl adjacent to an activating group) is 1. The van der Waals surface area contributed by atoms with E-state index in [0.29, 0.717) is 13.1 Å². The Kier molecular flexibility index (Phi) is 2.50. The van der Waals surface area contributed by atoms with Gasteiger partial charge in [0, 0.05) is 19.5 Å². The summed E-state index contributed by atoms with van der Waals surface area (Å²) in [5.74, 6) is 0. The highest BCUT2D eigenvalue weighted by Gasteiger charge is 2.33. The fourth-order valence-electron chi connectivity index (χ4n) is 1.67. The maximum atomic E-state index is 12.9. The number of aliphatic hydroxyl groups is 1. The van der Waals surface area contributed by atoms with E-state index in [9.17, 15) is 9.50 Å². The third kappa shape index (κ3) is 2.42. The van der Waals surface area contributed by atoms with Gasteiger partial charge in [-0.25, -0.2) is 4.39 Å². The second-order valence-corrected chi connectivity index (χ2v) is 3.63. The molecule has 2 nitrogen and oxygen atoms in total. The first-order valence-corrected chi connectivity index (χ1v) is 4.12. The van der Waals surface area contributed by atoms with Gasteiger partial charge in [-0.3, -0.25) is 4.90 Å². The van der Waals surface area contributed by atoms with Gasteiger partial charge in [-0.05, 0) is 13.5 Å². The monoisotopic (exact) mass is 161 g/mol. The Labute approximate surface area is 67.0 Å². The van der Waals surface area contributed by atoms with E-state index in [0.717, 1.165) is 6.54 Å². The van der Waals surface area contributed by atoms with Gasteiger partial charge in [-0.15, -0.1) is 0 Å². The average molecular weight is 161 g/mol. The number of nitrogens with zero attached hydrogens (tertiary/aromatic N) is 1. The Hall–Kier alpha value is -0.150. The first-order chi connectivity index (χ1) is 5.03. The lowest BCUT2D eigenvalue weighted by Crippen LogP contribution is -2.50. The zero-order chi connectivity index (χ0) is 8.48. The molecule has 1 rings (SSSR count). The Morgan fingerprint density at radius 3 is 2.82 bits per heavy atom. The van der Waals surface area contributed by atoms with Crippen molar-refractivity contribution < 1.29 is 9.50 Å². The van der Waals surface area contributed by atoms with Crippen LogP contribution in [0.15, 0.2) is 0 Å². The molecule has 0 aromatic heterocycles. The molecule has 2 unspecified atom stereocenters. The van der Waals surface area contributed by atoms with Crippen LogP contribution < -0.4 is 0 Å². The molecule has 0 spiro atoms. The predicted molar refractivity (Wildman–Crippen MR) is 42.3 cm³/mol. The summed E-state index contributed by atoms with van der Waals surface area (Å²) in [6.45, 7) is 5.57. The summed E-state index contributed by atoms with van der Waals surface area (Å²) in [6.07, 6.45) is -0.581. The number of piperidine rings is 1. The van der Waals surface area contributed by atoms with Crippen molar-refractivity contribution in [2.24, 2.45) is 0 Å². The highest BCUT2D eigenvalue weighted by atomic mass is 19.1. The average Bonchev–Trinajstić information content (AvgIpc) is 1.83. The van der Waals surface area contributed by atoms with Gasteiger partial charge in [0.1, 0.15) is 6.17 Å². The normalized spacial score (nSPS) is 40.9. The largest absolute Gasteiger partial charge is 0.389 e. The van der Waals surface area contributed by atoms with Gasteiger partial charge in [0.25, 0.3) is 0 Å². The minimum atomic E-state index is -0.862. The predicted octanol–water partition coefficient (Wildman–Crippen LogP) is 0.801. The number of alkyl halides is 1. The van der Waals surface area contributed by atoms with E-state index in [1.54, 1.807) is 6.92 Å². The summed E-state index contributed by atoms with van der Waals surface area (Å²) in [5, 5.41) is 9.56. The van der Waals surface area contributed by atoms with Crippen LogP contribution in [0.25, 0.3) is 0 Å². The minimum absolute atomic E-state index is 0.281. The van der Waals surface area contributed by atoms with Crippen LogP contribution in [0.4, 0.5) is 4.39 Å². The van der Waals surface area contributed by atoms with Gasteiger partial charge < -0.3 is 5.11 Å². The van der Waals surface area contributed by atoms with Crippen LogP contribution in [0, 0.1) is 0 Å². The molecule has 0 aromatic carbocycles. The lowest BCUT2D eigenvalue weighted by atomic mass is 9.94. The molecule has 66 valence electrons. The molecular weight excluding hydrogens is 145 g/mol. The van der Waals surface area contributed by atoms with Crippen LogP contribution in [-0.2, 0) is 0 Å². The number of halogens is 1. The zero-order valence-corrected chi connectivity index (χ0v) is 7.18. The maximum absolute atomic E-state index is 12.9. The molecule has 0 radical (unpaired) electrons. The molecule has 0 amide bonds. The fraction of sp³-hybridized carbons (Fsp3) is 1.00. The molecule has 11 heavy (non-hydrogen) atoms. The summed E-state index contributed by atoms with van der Waals surface area (Å²) in [6, 6.07) is 0. The van der Waals surface area contributed by atoms with Crippen molar-refractivity contribution in [3.63, 3.8) is 0 Å². The Morgan fingerprint density at radius 2 is 2.36 bits per heavy atom. The molecule has 0 aromatic rings. The van der Waals surface area contributed by atoms with Crippen molar-refractivity contribution >= 4 is 0 Å². The van der Waals surface area contributed by atoms with E-state index < -0.39 is 11.8 Å². The van der Waals surface area contributed by atoms with Gasteiger partial charge in [-0.1, -0.05) is 6.92 Å². The third-order valence-corrected chi connectivity index (χ3v) is 2.13. The van der Waals surface area contributed by atoms with Crippen LogP contribution in [0.1, 0.15) is 20.3 Å². The fourth-order valence-corrected chi connectivity index (χ4v) is 1.67. The molecule has 0 saturated carbocycles. The van der Waals surface area contributed by atoms with E-state index in [2.05, 4.69) is 0 Å². The van der Waals surface area contributed by atoms with Crippen molar-refractivity contribution in [2.45, 2.75) is 32.0 Å². The molecule has 1 heterocycles. The molecule has 2 atom stereocenters. The smallest absolute Gasteiger partial charge is 0.116 e. The molecule has 1 saturated heterocycles. The summed E-state index contributed by atoms with van der Waals surface area (Å²) >= 11 is 0.